The van der Waals surface area contributed by atoms with Gasteiger partial charge in [0.15, 0.2) is 9.84 Å². The number of nitrogen functional groups attached to an aromatic ring is 1. The molecule has 1 unspecified atom stereocenters. The summed E-state index contributed by atoms with van der Waals surface area (Å²) in [5.74, 6) is 1.29. The van der Waals surface area contributed by atoms with E-state index in [0.717, 1.165) is 12.0 Å². The first kappa shape index (κ1) is 16.0. The van der Waals surface area contributed by atoms with Crippen molar-refractivity contribution in [3.05, 3.63) is 23.8 Å². The Labute approximate surface area is 128 Å². The van der Waals surface area contributed by atoms with E-state index in [0.29, 0.717) is 29.3 Å². The van der Waals surface area contributed by atoms with Crippen molar-refractivity contribution in [2.45, 2.75) is 5.37 Å². The molecule has 1 aromatic rings. The normalized spacial score (nSPS) is 19.3. The largest absolute Gasteiger partial charge is 0.495 e. The average Bonchev–Trinajstić information content (AvgIpc) is 2.45. The standard InChI is InChI=1S/C13H18N2O4S2/c1-19-11-4-3-9(7-10(11)14)13(16)15-5-6-20-8-12(15)21(2,17)18/h3-4,7,12H,5-6,8,14H2,1-2H3. The van der Waals surface area contributed by atoms with E-state index in [4.69, 9.17) is 10.5 Å². The summed E-state index contributed by atoms with van der Waals surface area (Å²) < 4.78 is 28.7. The van der Waals surface area contributed by atoms with Gasteiger partial charge in [0.05, 0.1) is 12.8 Å². The first-order valence-corrected chi connectivity index (χ1v) is 9.46. The van der Waals surface area contributed by atoms with Gasteiger partial charge in [0.2, 0.25) is 0 Å². The first-order valence-electron chi connectivity index (χ1n) is 6.35. The lowest BCUT2D eigenvalue weighted by atomic mass is 10.1. The number of rotatable bonds is 3. The Morgan fingerprint density at radius 3 is 2.76 bits per heavy atom. The second-order valence-corrected chi connectivity index (χ2v) is 8.17. The molecule has 6 nitrogen and oxygen atoms in total. The third-order valence-corrected chi connectivity index (χ3v) is 5.96. The van der Waals surface area contributed by atoms with E-state index in [1.165, 1.54) is 29.8 Å². The number of sulfone groups is 1. The Morgan fingerprint density at radius 2 is 2.19 bits per heavy atom. The van der Waals surface area contributed by atoms with E-state index in [2.05, 4.69) is 0 Å². The van der Waals surface area contributed by atoms with Gasteiger partial charge >= 0.3 is 0 Å². The van der Waals surface area contributed by atoms with Gasteiger partial charge in [-0.1, -0.05) is 0 Å². The van der Waals surface area contributed by atoms with Crippen molar-refractivity contribution in [1.82, 2.24) is 4.90 Å². The monoisotopic (exact) mass is 330 g/mol. The average molecular weight is 330 g/mol. The Kier molecular flexibility index (Phi) is 4.67. The number of nitrogens with two attached hydrogens (primary N) is 1. The zero-order chi connectivity index (χ0) is 15.6. The highest BCUT2D eigenvalue weighted by atomic mass is 32.2. The number of carbonyl (C=O) groups is 1. The second-order valence-electron chi connectivity index (χ2n) is 4.81. The van der Waals surface area contributed by atoms with Gasteiger partial charge in [0.25, 0.3) is 5.91 Å². The summed E-state index contributed by atoms with van der Waals surface area (Å²) in [6.45, 7) is 0.410. The molecule has 8 heteroatoms. The van der Waals surface area contributed by atoms with Gasteiger partial charge in [-0.2, -0.15) is 11.8 Å². The summed E-state index contributed by atoms with van der Waals surface area (Å²) in [7, 11) is -1.83. The van der Waals surface area contributed by atoms with Crippen LogP contribution in [0.4, 0.5) is 5.69 Å². The maximum atomic E-state index is 12.6. The summed E-state index contributed by atoms with van der Waals surface area (Å²) in [6, 6.07) is 4.72. The number of nitrogens with zero attached hydrogens (tertiary/aromatic N) is 1. The van der Waals surface area contributed by atoms with Crippen LogP contribution in [0.15, 0.2) is 18.2 Å². The second kappa shape index (κ2) is 6.15. The number of hydrogen-bond acceptors (Lipinski definition) is 6. The number of carbonyl (C=O) groups excluding carboxylic acids is 1. The van der Waals surface area contributed by atoms with Crippen LogP contribution in [0.1, 0.15) is 10.4 Å². The molecule has 1 heterocycles. The molecule has 2 N–H and O–H groups in total. The number of hydrogen-bond donors (Lipinski definition) is 1. The summed E-state index contributed by atoms with van der Waals surface area (Å²) in [5, 5.41) is -0.785. The SMILES string of the molecule is COc1ccc(C(=O)N2CCSCC2S(C)(=O)=O)cc1N. The van der Waals surface area contributed by atoms with Gasteiger partial charge < -0.3 is 15.4 Å². The number of anilines is 1. The van der Waals surface area contributed by atoms with Crippen molar-refractivity contribution in [3.63, 3.8) is 0 Å². The highest BCUT2D eigenvalue weighted by Gasteiger charge is 2.34. The van der Waals surface area contributed by atoms with Gasteiger partial charge in [-0.05, 0) is 18.2 Å². The lowest BCUT2D eigenvalue weighted by Gasteiger charge is -2.34. The van der Waals surface area contributed by atoms with Gasteiger partial charge in [-0.15, -0.1) is 0 Å². The summed E-state index contributed by atoms with van der Waals surface area (Å²) in [4.78, 5) is 14.0. The lowest BCUT2D eigenvalue weighted by Crippen LogP contribution is -2.49. The van der Waals surface area contributed by atoms with Crippen LogP contribution in [0, 0.1) is 0 Å². The third-order valence-electron chi connectivity index (χ3n) is 3.32. The fourth-order valence-electron chi connectivity index (χ4n) is 2.20. The minimum atomic E-state index is -3.32. The van der Waals surface area contributed by atoms with Crippen molar-refractivity contribution in [1.29, 1.82) is 0 Å². The third kappa shape index (κ3) is 3.44. The number of amides is 1. The van der Waals surface area contributed by atoms with Crippen LogP contribution >= 0.6 is 11.8 Å². The van der Waals surface area contributed by atoms with Crippen molar-refractivity contribution in [2.24, 2.45) is 0 Å². The quantitative estimate of drug-likeness (QED) is 0.826. The number of methoxy groups -OCH3 is 1. The molecule has 1 fully saturated rings. The Morgan fingerprint density at radius 1 is 1.48 bits per heavy atom. The van der Waals surface area contributed by atoms with E-state index in [1.807, 2.05) is 0 Å². The lowest BCUT2D eigenvalue weighted by molar-refractivity contribution is 0.0749. The Hall–Kier alpha value is -1.41. The molecule has 0 radical (unpaired) electrons. The predicted molar refractivity (Wildman–Crippen MR) is 84.4 cm³/mol. The van der Waals surface area contributed by atoms with Gasteiger partial charge in [-0.25, -0.2) is 8.42 Å². The van der Waals surface area contributed by atoms with Crippen LogP contribution < -0.4 is 10.5 Å². The fraction of sp³-hybridized carbons (Fsp3) is 0.462. The molecule has 0 saturated carbocycles. The first-order chi connectivity index (χ1) is 9.84. The van der Waals surface area contributed by atoms with Crippen molar-refractivity contribution >= 4 is 33.2 Å². The summed E-state index contributed by atoms with van der Waals surface area (Å²) in [6.07, 6.45) is 1.16. The highest BCUT2D eigenvalue weighted by molar-refractivity contribution is 8.00. The number of thioether (sulfide) groups is 1. The molecule has 1 aliphatic rings. The minimum Gasteiger partial charge on any atom is -0.495 e. The van der Waals surface area contributed by atoms with Crippen LogP contribution in [0.2, 0.25) is 0 Å². The van der Waals surface area contributed by atoms with E-state index in [-0.39, 0.29) is 5.91 Å². The maximum Gasteiger partial charge on any atom is 0.255 e. The van der Waals surface area contributed by atoms with Crippen molar-refractivity contribution < 1.29 is 17.9 Å². The van der Waals surface area contributed by atoms with Gasteiger partial charge in [-0.3, -0.25) is 4.79 Å². The molecule has 0 spiro atoms. The number of benzene rings is 1. The molecule has 1 amide bonds. The summed E-state index contributed by atoms with van der Waals surface area (Å²) >= 11 is 1.54. The smallest absolute Gasteiger partial charge is 0.255 e. The van der Waals surface area contributed by atoms with E-state index in [1.54, 1.807) is 12.1 Å². The maximum absolute atomic E-state index is 12.6. The molecule has 116 valence electrons. The molecule has 0 aliphatic carbocycles. The molecule has 1 atom stereocenters. The molecule has 1 aliphatic heterocycles. The van der Waals surface area contributed by atoms with Crippen LogP contribution in [0.25, 0.3) is 0 Å². The fourth-order valence-corrected chi connectivity index (χ4v) is 5.02. The van der Waals surface area contributed by atoms with E-state index < -0.39 is 15.2 Å². The van der Waals surface area contributed by atoms with Gasteiger partial charge in [0, 0.05) is 29.9 Å². The molecular weight excluding hydrogens is 312 g/mol. The van der Waals surface area contributed by atoms with E-state index in [9.17, 15) is 13.2 Å². The molecule has 0 bridgehead atoms. The molecule has 0 aromatic heterocycles. The topological polar surface area (TPSA) is 89.7 Å². The molecule has 1 saturated heterocycles. The zero-order valence-electron chi connectivity index (χ0n) is 11.9. The molecular formula is C13H18N2O4S2. The van der Waals surface area contributed by atoms with Gasteiger partial charge in [0.1, 0.15) is 11.1 Å². The van der Waals surface area contributed by atoms with Crippen LogP contribution in [-0.4, -0.2) is 56.0 Å². The number of ether oxygens (including phenoxy) is 1. The Balaban J connectivity index is 2.31. The predicted octanol–water partition coefficient (Wildman–Crippen LogP) is 0.837. The summed E-state index contributed by atoms with van der Waals surface area (Å²) in [5.41, 5.74) is 6.52. The van der Waals surface area contributed by atoms with Crippen LogP contribution in [-0.2, 0) is 9.84 Å². The van der Waals surface area contributed by atoms with Crippen molar-refractivity contribution in [2.75, 3.05) is 37.1 Å². The minimum absolute atomic E-state index is 0.319. The van der Waals surface area contributed by atoms with E-state index >= 15 is 0 Å². The van der Waals surface area contributed by atoms with Crippen LogP contribution in [0.3, 0.4) is 0 Å². The Bertz CT molecular complexity index is 646. The molecule has 1 aromatic carbocycles. The highest BCUT2D eigenvalue weighted by Crippen LogP contribution is 2.26. The zero-order valence-corrected chi connectivity index (χ0v) is 13.5. The van der Waals surface area contributed by atoms with Crippen LogP contribution in [0.5, 0.6) is 5.75 Å². The molecule has 21 heavy (non-hydrogen) atoms. The van der Waals surface area contributed by atoms with Crippen molar-refractivity contribution in [3.8, 4) is 5.75 Å². The molecule has 2 rings (SSSR count).